The van der Waals surface area contributed by atoms with Crippen LogP contribution in [-0.2, 0) is 19.1 Å². The second-order valence-electron chi connectivity index (χ2n) is 2.19. The molecule has 0 fully saturated rings. The summed E-state index contributed by atoms with van der Waals surface area (Å²) in [6, 6.07) is 0. The fourth-order valence-corrected chi connectivity index (χ4v) is 0.910. The van der Waals surface area contributed by atoms with E-state index in [9.17, 15) is 13.2 Å². The van der Waals surface area contributed by atoms with Crippen LogP contribution >= 0.6 is 0 Å². The molecule has 0 aliphatic carbocycles. The lowest BCUT2D eigenvalue weighted by Gasteiger charge is -2.03. The SMILES string of the molecule is C=CC.CC(OS(C)(=O)=O)C(=O)O. The predicted molar refractivity (Wildman–Crippen MR) is 48.9 cm³/mol. The maximum atomic E-state index is 10.3. The van der Waals surface area contributed by atoms with E-state index in [0.29, 0.717) is 0 Å². The molecule has 0 amide bonds. The molecule has 0 heterocycles. The molecule has 13 heavy (non-hydrogen) atoms. The zero-order valence-electron chi connectivity index (χ0n) is 7.85. The molecule has 1 N–H and O–H groups in total. The van der Waals surface area contributed by atoms with Crippen LogP contribution in [0.3, 0.4) is 0 Å². The molecule has 78 valence electrons. The molecular formula is C7H14O5S. The molecule has 0 radical (unpaired) electrons. The fraction of sp³-hybridized carbons (Fsp3) is 0.571. The maximum Gasteiger partial charge on any atom is 0.334 e. The zero-order chi connectivity index (χ0) is 11.1. The Balaban J connectivity index is 0. The van der Waals surface area contributed by atoms with E-state index in [0.717, 1.165) is 13.2 Å². The highest BCUT2D eigenvalue weighted by molar-refractivity contribution is 7.86. The Hall–Kier alpha value is -0.880. The monoisotopic (exact) mass is 210 g/mol. The van der Waals surface area contributed by atoms with E-state index in [1.54, 1.807) is 6.08 Å². The number of hydrogen-bond acceptors (Lipinski definition) is 4. The van der Waals surface area contributed by atoms with E-state index in [-0.39, 0.29) is 0 Å². The van der Waals surface area contributed by atoms with E-state index < -0.39 is 22.2 Å². The molecule has 0 aromatic carbocycles. The quantitative estimate of drug-likeness (QED) is 0.545. The number of carbonyl (C=O) groups is 1. The summed E-state index contributed by atoms with van der Waals surface area (Å²) in [5.74, 6) is -1.30. The summed E-state index contributed by atoms with van der Waals surface area (Å²) >= 11 is 0. The Morgan fingerprint density at radius 1 is 1.62 bits per heavy atom. The van der Waals surface area contributed by atoms with Gasteiger partial charge in [0.25, 0.3) is 10.1 Å². The van der Waals surface area contributed by atoms with Crippen LogP contribution in [0.15, 0.2) is 12.7 Å². The van der Waals surface area contributed by atoms with E-state index in [2.05, 4.69) is 10.8 Å². The maximum absolute atomic E-state index is 10.3. The van der Waals surface area contributed by atoms with E-state index >= 15 is 0 Å². The zero-order valence-corrected chi connectivity index (χ0v) is 8.67. The molecule has 1 atom stereocenters. The molecule has 0 aromatic heterocycles. The molecule has 0 saturated heterocycles. The number of allylic oxidation sites excluding steroid dienone is 1. The van der Waals surface area contributed by atoms with Gasteiger partial charge in [-0.1, -0.05) is 6.08 Å². The van der Waals surface area contributed by atoms with Crippen LogP contribution in [0.25, 0.3) is 0 Å². The Bertz CT molecular complexity index is 254. The summed E-state index contributed by atoms with van der Waals surface area (Å²) in [4.78, 5) is 9.99. The average Bonchev–Trinajstić information content (AvgIpc) is 1.84. The molecule has 0 aliphatic heterocycles. The Morgan fingerprint density at radius 3 is 2.00 bits per heavy atom. The van der Waals surface area contributed by atoms with Gasteiger partial charge in [0, 0.05) is 0 Å². The summed E-state index contributed by atoms with van der Waals surface area (Å²) in [6.07, 6.45) is 1.24. The van der Waals surface area contributed by atoms with E-state index in [4.69, 9.17) is 5.11 Å². The van der Waals surface area contributed by atoms with Gasteiger partial charge >= 0.3 is 5.97 Å². The summed E-state index contributed by atoms with van der Waals surface area (Å²) in [5, 5.41) is 8.16. The molecule has 0 aromatic rings. The van der Waals surface area contributed by atoms with Gasteiger partial charge in [-0.05, 0) is 13.8 Å². The lowest BCUT2D eigenvalue weighted by atomic mass is 10.4. The van der Waals surface area contributed by atoms with Crippen molar-refractivity contribution in [1.29, 1.82) is 0 Å². The van der Waals surface area contributed by atoms with Gasteiger partial charge < -0.3 is 5.11 Å². The first-order chi connectivity index (χ1) is 5.74. The van der Waals surface area contributed by atoms with Crippen LogP contribution in [-0.4, -0.2) is 31.9 Å². The van der Waals surface area contributed by atoms with Crippen LogP contribution in [0.5, 0.6) is 0 Å². The van der Waals surface area contributed by atoms with Gasteiger partial charge in [0.2, 0.25) is 0 Å². The van der Waals surface area contributed by atoms with Crippen LogP contribution in [0.4, 0.5) is 0 Å². The van der Waals surface area contributed by atoms with Crippen molar-refractivity contribution in [1.82, 2.24) is 0 Å². The minimum absolute atomic E-state index is 0.798. The highest BCUT2D eigenvalue weighted by atomic mass is 32.2. The molecule has 5 nitrogen and oxygen atoms in total. The third-order valence-corrected chi connectivity index (χ3v) is 1.31. The molecule has 0 rings (SSSR count). The first kappa shape index (κ1) is 14.6. The molecule has 0 bridgehead atoms. The number of carboxylic acid groups (broad SMARTS) is 1. The smallest absolute Gasteiger partial charge is 0.334 e. The largest absolute Gasteiger partial charge is 0.479 e. The van der Waals surface area contributed by atoms with Gasteiger partial charge in [0.1, 0.15) is 0 Å². The van der Waals surface area contributed by atoms with Crippen molar-refractivity contribution in [3.05, 3.63) is 12.7 Å². The van der Waals surface area contributed by atoms with Crippen LogP contribution in [0, 0.1) is 0 Å². The summed E-state index contributed by atoms with van der Waals surface area (Å²) in [5.41, 5.74) is 0. The molecule has 0 aliphatic rings. The normalized spacial score (nSPS) is 12.2. The van der Waals surface area contributed by atoms with Gasteiger partial charge in [-0.3, -0.25) is 4.18 Å². The predicted octanol–water partition coefficient (Wildman–Crippen LogP) is 0.628. The Kier molecular flexibility index (Phi) is 7.45. The van der Waals surface area contributed by atoms with Crippen molar-refractivity contribution >= 4 is 16.1 Å². The van der Waals surface area contributed by atoms with Crippen molar-refractivity contribution in [2.75, 3.05) is 6.26 Å². The summed E-state index contributed by atoms with van der Waals surface area (Å²) < 4.78 is 24.6. The lowest BCUT2D eigenvalue weighted by molar-refractivity contribution is -0.144. The number of aliphatic carboxylic acids is 1. The molecule has 1 unspecified atom stereocenters. The van der Waals surface area contributed by atoms with Crippen molar-refractivity contribution in [3.63, 3.8) is 0 Å². The third kappa shape index (κ3) is 14.0. The first-order valence-electron chi connectivity index (χ1n) is 3.42. The highest BCUT2D eigenvalue weighted by Gasteiger charge is 2.16. The van der Waals surface area contributed by atoms with Gasteiger partial charge in [-0.2, -0.15) is 8.42 Å². The number of rotatable bonds is 3. The van der Waals surface area contributed by atoms with Gasteiger partial charge in [-0.15, -0.1) is 6.58 Å². The van der Waals surface area contributed by atoms with E-state index in [1.165, 1.54) is 0 Å². The van der Waals surface area contributed by atoms with Gasteiger partial charge in [-0.25, -0.2) is 4.79 Å². The van der Waals surface area contributed by atoms with Crippen LogP contribution in [0.1, 0.15) is 13.8 Å². The number of carboxylic acids is 1. The third-order valence-electron chi connectivity index (χ3n) is 0.667. The summed E-state index contributed by atoms with van der Waals surface area (Å²) in [6.45, 7) is 6.39. The summed E-state index contributed by atoms with van der Waals surface area (Å²) in [7, 11) is -3.65. The van der Waals surface area contributed by atoms with Crippen molar-refractivity contribution in [2.24, 2.45) is 0 Å². The van der Waals surface area contributed by atoms with Crippen molar-refractivity contribution in [3.8, 4) is 0 Å². The van der Waals surface area contributed by atoms with Crippen LogP contribution in [0.2, 0.25) is 0 Å². The minimum Gasteiger partial charge on any atom is -0.479 e. The first-order valence-corrected chi connectivity index (χ1v) is 5.24. The molecule has 6 heteroatoms. The Morgan fingerprint density at radius 2 is 1.92 bits per heavy atom. The fourth-order valence-electron chi connectivity index (χ4n) is 0.303. The van der Waals surface area contributed by atoms with Gasteiger partial charge in [0.15, 0.2) is 6.10 Å². The standard InChI is InChI=1S/C4H8O5S.C3H6/c1-3(4(5)6)9-10(2,7)8;1-3-2/h3H,1-2H3,(H,5,6);3H,1H2,2H3. The second-order valence-corrected chi connectivity index (χ2v) is 3.79. The Labute approximate surface area is 78.1 Å². The highest BCUT2D eigenvalue weighted by Crippen LogP contribution is 1.95. The number of hydrogen-bond donors (Lipinski definition) is 1. The minimum atomic E-state index is -3.65. The van der Waals surface area contributed by atoms with Gasteiger partial charge in [0.05, 0.1) is 6.26 Å². The van der Waals surface area contributed by atoms with Crippen molar-refractivity contribution in [2.45, 2.75) is 20.0 Å². The second kappa shape index (κ2) is 6.62. The van der Waals surface area contributed by atoms with Crippen LogP contribution < -0.4 is 0 Å². The van der Waals surface area contributed by atoms with E-state index in [1.807, 2.05) is 6.92 Å². The molecular weight excluding hydrogens is 196 g/mol. The molecule has 0 spiro atoms. The van der Waals surface area contributed by atoms with Crippen molar-refractivity contribution < 1.29 is 22.5 Å². The average molecular weight is 210 g/mol. The topological polar surface area (TPSA) is 80.7 Å². The molecule has 0 saturated carbocycles. The lowest BCUT2D eigenvalue weighted by Crippen LogP contribution is -2.22.